The molecule has 0 unspecified atom stereocenters. The Kier molecular flexibility index (Phi) is 7.52. The Morgan fingerprint density at radius 1 is 1.00 bits per heavy atom. The van der Waals surface area contributed by atoms with Crippen molar-refractivity contribution in [1.82, 2.24) is 15.1 Å². The first-order valence-corrected chi connectivity index (χ1v) is 12.6. The molecule has 2 heterocycles. The predicted molar refractivity (Wildman–Crippen MR) is 140 cm³/mol. The highest BCUT2D eigenvalue weighted by molar-refractivity contribution is 6.03. The summed E-state index contributed by atoms with van der Waals surface area (Å²) in [5, 5.41) is 12.4. The zero-order valence-electron chi connectivity index (χ0n) is 21.7. The molecule has 0 bridgehead atoms. The van der Waals surface area contributed by atoms with Crippen LogP contribution in [0.25, 0.3) is 0 Å². The number of amides is 3. The van der Waals surface area contributed by atoms with Crippen LogP contribution < -0.4 is 10.2 Å². The number of benzene rings is 2. The molecule has 2 fully saturated rings. The summed E-state index contributed by atoms with van der Waals surface area (Å²) < 4.78 is 0. The smallest absolute Gasteiger partial charge is 0.254 e. The summed E-state index contributed by atoms with van der Waals surface area (Å²) in [6, 6.07) is 11.1. The summed E-state index contributed by atoms with van der Waals surface area (Å²) in [6.45, 7) is 4.22. The number of carbonyl (C=O) groups excluding carboxylic acids is 4. The molecule has 196 valence electrons. The molecule has 2 saturated heterocycles. The van der Waals surface area contributed by atoms with Gasteiger partial charge in [0.1, 0.15) is 17.8 Å². The maximum Gasteiger partial charge on any atom is 0.254 e. The van der Waals surface area contributed by atoms with Crippen LogP contribution in [0.1, 0.15) is 47.4 Å². The van der Waals surface area contributed by atoms with Crippen molar-refractivity contribution >= 4 is 29.2 Å². The van der Waals surface area contributed by atoms with Gasteiger partial charge >= 0.3 is 0 Å². The molecular formula is C28H34N4O5. The molecule has 0 saturated carbocycles. The predicted octanol–water partition coefficient (Wildman–Crippen LogP) is 2.30. The van der Waals surface area contributed by atoms with E-state index in [1.165, 1.54) is 29.2 Å². The molecule has 0 aliphatic carbocycles. The second kappa shape index (κ2) is 10.6. The summed E-state index contributed by atoms with van der Waals surface area (Å²) in [4.78, 5) is 57.8. The standard InChI is InChI=1S/C28H34N4O5/c1-17(2)15-22(29-26(35)18-5-9-20(10-6-18)30(3)4)28(37)31-14-13-23-25(31)24(34)16-32(23)27(36)19-7-11-21(33)12-8-19/h5-12,17,22-23,25,33H,13-16H2,1-4H3,(H,29,35)/t22-,23+,25-/m0/s1. The summed E-state index contributed by atoms with van der Waals surface area (Å²) in [5.74, 6) is -0.944. The minimum Gasteiger partial charge on any atom is -0.508 e. The van der Waals surface area contributed by atoms with E-state index in [1.54, 1.807) is 17.0 Å². The van der Waals surface area contributed by atoms with Crippen LogP contribution in [0.15, 0.2) is 48.5 Å². The molecule has 37 heavy (non-hydrogen) atoms. The van der Waals surface area contributed by atoms with E-state index in [-0.39, 0.29) is 41.7 Å². The highest BCUT2D eigenvalue weighted by atomic mass is 16.3. The normalized spacial score (nSPS) is 19.6. The van der Waals surface area contributed by atoms with E-state index < -0.39 is 18.1 Å². The van der Waals surface area contributed by atoms with E-state index in [9.17, 15) is 24.3 Å². The Morgan fingerprint density at radius 2 is 1.62 bits per heavy atom. The number of phenolic OH excluding ortho intramolecular Hbond substituents is 1. The van der Waals surface area contributed by atoms with Gasteiger partial charge in [-0.25, -0.2) is 0 Å². The summed E-state index contributed by atoms with van der Waals surface area (Å²) in [5.41, 5.74) is 1.79. The number of hydrogen-bond donors (Lipinski definition) is 2. The third kappa shape index (κ3) is 5.45. The van der Waals surface area contributed by atoms with E-state index in [0.29, 0.717) is 30.5 Å². The van der Waals surface area contributed by atoms with Crippen molar-refractivity contribution in [2.75, 3.05) is 32.1 Å². The second-order valence-corrected chi connectivity index (χ2v) is 10.4. The Bertz CT molecular complexity index is 1180. The Balaban J connectivity index is 1.49. The molecule has 2 N–H and O–H groups in total. The maximum absolute atomic E-state index is 13.7. The molecule has 0 radical (unpaired) electrons. The van der Waals surface area contributed by atoms with Crippen LogP contribution in [-0.2, 0) is 9.59 Å². The van der Waals surface area contributed by atoms with Crippen molar-refractivity contribution in [2.45, 2.75) is 44.8 Å². The van der Waals surface area contributed by atoms with Crippen molar-refractivity contribution in [3.05, 3.63) is 59.7 Å². The fourth-order valence-corrected chi connectivity index (χ4v) is 5.15. The molecule has 3 amide bonds. The lowest BCUT2D eigenvalue weighted by Crippen LogP contribution is -2.53. The van der Waals surface area contributed by atoms with Gasteiger partial charge in [-0.15, -0.1) is 0 Å². The van der Waals surface area contributed by atoms with Gasteiger partial charge in [-0.05, 0) is 67.3 Å². The lowest BCUT2D eigenvalue weighted by Gasteiger charge is -2.29. The largest absolute Gasteiger partial charge is 0.508 e. The van der Waals surface area contributed by atoms with E-state index >= 15 is 0 Å². The molecule has 9 nitrogen and oxygen atoms in total. The lowest BCUT2D eigenvalue weighted by molar-refractivity contribution is -0.138. The molecular weight excluding hydrogens is 472 g/mol. The topological polar surface area (TPSA) is 110 Å². The van der Waals surface area contributed by atoms with Crippen LogP contribution in [0.2, 0.25) is 0 Å². The minimum absolute atomic E-state index is 0.0523. The van der Waals surface area contributed by atoms with Gasteiger partial charge in [0.25, 0.3) is 11.8 Å². The van der Waals surface area contributed by atoms with Gasteiger partial charge in [-0.2, -0.15) is 0 Å². The summed E-state index contributed by atoms with van der Waals surface area (Å²) in [6.07, 6.45) is 0.916. The number of Topliss-reactive ketones (excluding diaryl/α,β-unsaturated/α-hetero) is 1. The van der Waals surface area contributed by atoms with Crippen molar-refractivity contribution < 1.29 is 24.3 Å². The summed E-state index contributed by atoms with van der Waals surface area (Å²) in [7, 11) is 3.83. The average molecular weight is 507 g/mol. The molecule has 2 aliphatic rings. The van der Waals surface area contributed by atoms with E-state index in [2.05, 4.69) is 5.32 Å². The molecule has 0 aromatic heterocycles. The van der Waals surface area contributed by atoms with Crippen molar-refractivity contribution in [1.29, 1.82) is 0 Å². The van der Waals surface area contributed by atoms with Crippen LogP contribution in [-0.4, -0.2) is 83.7 Å². The van der Waals surface area contributed by atoms with E-state index in [4.69, 9.17) is 0 Å². The molecule has 3 atom stereocenters. The monoisotopic (exact) mass is 506 g/mol. The van der Waals surface area contributed by atoms with Crippen LogP contribution in [0, 0.1) is 5.92 Å². The Morgan fingerprint density at radius 3 is 2.22 bits per heavy atom. The minimum atomic E-state index is -0.783. The number of carbonyl (C=O) groups is 4. The zero-order chi connectivity index (χ0) is 26.9. The molecule has 2 aromatic carbocycles. The first kappa shape index (κ1) is 26.2. The second-order valence-electron chi connectivity index (χ2n) is 10.4. The number of aromatic hydroxyl groups is 1. The maximum atomic E-state index is 13.7. The van der Waals surface area contributed by atoms with Crippen LogP contribution in [0.4, 0.5) is 5.69 Å². The first-order valence-electron chi connectivity index (χ1n) is 12.6. The number of fused-ring (bicyclic) bond motifs is 1. The zero-order valence-corrected chi connectivity index (χ0v) is 21.7. The number of anilines is 1. The molecule has 2 aliphatic heterocycles. The number of nitrogens with zero attached hydrogens (tertiary/aromatic N) is 3. The van der Waals surface area contributed by atoms with Crippen LogP contribution >= 0.6 is 0 Å². The Hall–Kier alpha value is -3.88. The number of ketones is 1. The van der Waals surface area contributed by atoms with Crippen LogP contribution in [0.5, 0.6) is 5.75 Å². The lowest BCUT2D eigenvalue weighted by atomic mass is 10.0. The third-order valence-electron chi connectivity index (χ3n) is 7.04. The van der Waals surface area contributed by atoms with Gasteiger partial charge < -0.3 is 25.1 Å². The van der Waals surface area contributed by atoms with Gasteiger partial charge in [-0.1, -0.05) is 13.8 Å². The van der Waals surface area contributed by atoms with Crippen molar-refractivity contribution in [3.63, 3.8) is 0 Å². The quantitative estimate of drug-likeness (QED) is 0.596. The van der Waals surface area contributed by atoms with Crippen molar-refractivity contribution in [3.8, 4) is 5.75 Å². The van der Waals surface area contributed by atoms with Gasteiger partial charge in [0.15, 0.2) is 5.78 Å². The highest BCUT2D eigenvalue weighted by Gasteiger charge is 2.52. The molecule has 9 heteroatoms. The Labute approximate surface area is 217 Å². The SMILES string of the molecule is CC(C)C[C@H](NC(=O)c1ccc(N(C)C)cc1)C(=O)N1CC[C@@H]2[C@H]1C(=O)CN2C(=O)c1ccc(O)cc1. The van der Waals surface area contributed by atoms with Crippen molar-refractivity contribution in [2.24, 2.45) is 5.92 Å². The van der Waals surface area contributed by atoms with E-state index in [1.807, 2.05) is 45.0 Å². The van der Waals surface area contributed by atoms with Gasteiger partial charge in [0, 0.05) is 37.5 Å². The fourth-order valence-electron chi connectivity index (χ4n) is 5.15. The summed E-state index contributed by atoms with van der Waals surface area (Å²) >= 11 is 0. The number of hydrogen-bond acceptors (Lipinski definition) is 6. The number of phenols is 1. The third-order valence-corrected chi connectivity index (χ3v) is 7.04. The fraction of sp³-hybridized carbons (Fsp3) is 0.429. The van der Waals surface area contributed by atoms with Gasteiger partial charge in [0.2, 0.25) is 5.91 Å². The molecule has 0 spiro atoms. The number of rotatable bonds is 7. The van der Waals surface area contributed by atoms with E-state index in [0.717, 1.165) is 5.69 Å². The number of likely N-dealkylation sites (tertiary alicyclic amines) is 2. The first-order chi connectivity index (χ1) is 17.6. The van der Waals surface area contributed by atoms with Gasteiger partial charge in [0.05, 0.1) is 12.6 Å². The molecule has 4 rings (SSSR count). The number of nitrogens with one attached hydrogen (secondary N) is 1. The average Bonchev–Trinajstić information content (AvgIpc) is 3.44. The van der Waals surface area contributed by atoms with Crippen LogP contribution in [0.3, 0.4) is 0 Å². The molecule has 2 aromatic rings. The highest BCUT2D eigenvalue weighted by Crippen LogP contribution is 2.32. The van der Waals surface area contributed by atoms with Gasteiger partial charge in [-0.3, -0.25) is 19.2 Å².